The number of amides is 2. The van der Waals surface area contributed by atoms with E-state index < -0.39 is 9.52 Å². The van der Waals surface area contributed by atoms with E-state index >= 15 is 0 Å². The number of carbonyl (C=O) groups excluding carboxylic acids is 2. The van der Waals surface area contributed by atoms with Gasteiger partial charge in [-0.15, -0.1) is 5.10 Å². The van der Waals surface area contributed by atoms with Gasteiger partial charge in [0.05, 0.1) is 12.3 Å². The lowest BCUT2D eigenvalue weighted by molar-refractivity contribution is -0.116. The maximum atomic E-state index is 13.8. The third-order valence-electron chi connectivity index (χ3n) is 7.52. The zero-order valence-corrected chi connectivity index (χ0v) is 23.9. The number of H-pyrrole nitrogens is 1. The van der Waals surface area contributed by atoms with Gasteiger partial charge in [-0.25, -0.2) is 0 Å². The topological polar surface area (TPSA) is 121 Å². The Balaban J connectivity index is 1.37. The van der Waals surface area contributed by atoms with E-state index in [1.807, 2.05) is 31.2 Å². The Bertz CT molecular complexity index is 1580. The molecule has 9 nitrogen and oxygen atoms in total. The van der Waals surface area contributed by atoms with Gasteiger partial charge < -0.3 is 4.90 Å². The van der Waals surface area contributed by atoms with Gasteiger partial charge in [0.15, 0.2) is 0 Å². The lowest BCUT2D eigenvalue weighted by Crippen LogP contribution is -2.35. The minimum Gasteiger partial charge on any atom is -0.307 e. The summed E-state index contributed by atoms with van der Waals surface area (Å²) in [5.41, 5.74) is 4.29. The number of carbonyl (C=O) groups is 2. The first-order valence-corrected chi connectivity index (χ1v) is 15.6. The lowest BCUT2D eigenvalue weighted by atomic mass is 9.84. The van der Waals surface area contributed by atoms with Crippen LogP contribution >= 0.6 is 0 Å². The van der Waals surface area contributed by atoms with Crippen molar-refractivity contribution in [2.75, 3.05) is 16.0 Å². The van der Waals surface area contributed by atoms with Gasteiger partial charge in [-0.3, -0.25) is 19.1 Å². The summed E-state index contributed by atoms with van der Waals surface area (Å²) < 4.78 is 13.6. The molecule has 3 aromatic carbocycles. The highest BCUT2D eigenvalue weighted by atomic mass is 32.2. The summed E-state index contributed by atoms with van der Waals surface area (Å²) in [6, 6.07) is 22.4. The van der Waals surface area contributed by atoms with Gasteiger partial charge in [-0.05, 0) is 84.3 Å². The number of benzene rings is 3. The van der Waals surface area contributed by atoms with E-state index in [-0.39, 0.29) is 30.1 Å². The molecule has 41 heavy (non-hydrogen) atoms. The second kappa shape index (κ2) is 12.5. The van der Waals surface area contributed by atoms with Gasteiger partial charge in [0.2, 0.25) is 5.91 Å². The van der Waals surface area contributed by atoms with Crippen LogP contribution in [0.2, 0.25) is 0 Å². The molecule has 212 valence electrons. The predicted octanol–water partition coefficient (Wildman–Crippen LogP) is 5.12. The Morgan fingerprint density at radius 3 is 2.29 bits per heavy atom. The quantitative estimate of drug-likeness (QED) is 0.270. The van der Waals surface area contributed by atoms with Crippen molar-refractivity contribution in [3.8, 4) is 0 Å². The summed E-state index contributed by atoms with van der Waals surface area (Å²) in [5, 5.41) is 15.7. The maximum Gasteiger partial charge on any atom is 0.270 e. The van der Waals surface area contributed by atoms with Crippen LogP contribution in [-0.4, -0.2) is 48.3 Å². The van der Waals surface area contributed by atoms with Crippen molar-refractivity contribution >= 4 is 38.8 Å². The Hall–Kier alpha value is -4.31. The summed E-state index contributed by atoms with van der Waals surface area (Å²) in [5.74, 6) is 3.70. The molecule has 2 N–H and O–H groups in total. The number of hydrogen-bond acceptors (Lipinski definition) is 6. The van der Waals surface area contributed by atoms with Crippen molar-refractivity contribution in [2.24, 2.45) is 0 Å². The highest BCUT2D eigenvalue weighted by molar-refractivity contribution is 8.01. The van der Waals surface area contributed by atoms with Crippen LogP contribution in [0.1, 0.15) is 65.1 Å². The highest BCUT2D eigenvalue weighted by Crippen LogP contribution is 2.33. The van der Waals surface area contributed by atoms with E-state index in [4.69, 9.17) is 0 Å². The first-order valence-electron chi connectivity index (χ1n) is 13.7. The molecule has 4 aromatic rings. The Morgan fingerprint density at radius 1 is 0.976 bits per heavy atom. The molecule has 0 saturated heterocycles. The van der Waals surface area contributed by atoms with E-state index in [1.54, 1.807) is 41.3 Å². The molecule has 1 saturated carbocycles. The molecule has 2 amide bonds. The summed E-state index contributed by atoms with van der Waals surface area (Å²) in [4.78, 5) is 28.5. The van der Waals surface area contributed by atoms with Gasteiger partial charge in [-0.2, -0.15) is 5.21 Å². The van der Waals surface area contributed by atoms with Crippen LogP contribution in [0, 0.1) is 6.92 Å². The van der Waals surface area contributed by atoms with Gasteiger partial charge in [-0.1, -0.05) is 66.3 Å². The van der Waals surface area contributed by atoms with Crippen molar-refractivity contribution in [3.63, 3.8) is 0 Å². The first-order chi connectivity index (χ1) is 19.8. The molecule has 0 bridgehead atoms. The van der Waals surface area contributed by atoms with Crippen LogP contribution in [0.15, 0.2) is 77.7 Å². The maximum absolute atomic E-state index is 13.8. The molecule has 5 rings (SSSR count). The number of anilines is 2. The Labute approximate surface area is 240 Å². The molecule has 0 radical (unpaired) electrons. The van der Waals surface area contributed by atoms with Crippen molar-refractivity contribution in [1.82, 2.24) is 20.6 Å². The van der Waals surface area contributed by atoms with Crippen LogP contribution in [0.5, 0.6) is 0 Å². The van der Waals surface area contributed by atoms with Crippen LogP contribution in [-0.2, 0) is 20.9 Å². The highest BCUT2D eigenvalue weighted by Gasteiger charge is 2.23. The normalized spacial score (nSPS) is 15.1. The van der Waals surface area contributed by atoms with Crippen molar-refractivity contribution in [2.45, 2.75) is 56.4 Å². The second-order valence-corrected chi connectivity index (χ2v) is 12.9. The average Bonchev–Trinajstić information content (AvgIpc) is 3.50. The number of tetrazole rings is 1. The molecule has 1 aromatic heterocycles. The summed E-state index contributed by atoms with van der Waals surface area (Å²) >= 11 is 0. The zero-order chi connectivity index (χ0) is 28.8. The second-order valence-electron chi connectivity index (χ2n) is 10.6. The number of aromatic amines is 1. The minimum absolute atomic E-state index is 0.0814. The van der Waals surface area contributed by atoms with Crippen LogP contribution < -0.4 is 10.2 Å². The fraction of sp³-hybridized carbons (Fsp3) is 0.290. The van der Waals surface area contributed by atoms with Crippen molar-refractivity contribution in [1.29, 1.82) is 0 Å². The number of aryl methyl sites for hydroxylation is 1. The van der Waals surface area contributed by atoms with E-state index in [9.17, 15) is 13.8 Å². The molecule has 1 heterocycles. The Kier molecular flexibility index (Phi) is 8.58. The lowest BCUT2D eigenvalue weighted by Gasteiger charge is -2.26. The molecular weight excluding hydrogens is 536 g/mol. The molecule has 0 spiro atoms. The molecule has 1 aliphatic carbocycles. The fourth-order valence-electron chi connectivity index (χ4n) is 5.17. The molecule has 1 atom stereocenters. The van der Waals surface area contributed by atoms with Crippen LogP contribution in [0.3, 0.4) is 0 Å². The van der Waals surface area contributed by atoms with E-state index in [0.29, 0.717) is 16.4 Å². The summed E-state index contributed by atoms with van der Waals surface area (Å²) in [6.07, 6.45) is 6.16. The average molecular weight is 571 g/mol. The number of rotatable bonds is 9. The molecule has 1 aliphatic rings. The van der Waals surface area contributed by atoms with Gasteiger partial charge in [0.25, 0.3) is 11.9 Å². The number of hydrogen-bond donors (Lipinski definition) is 2. The van der Waals surface area contributed by atoms with Gasteiger partial charge in [0, 0.05) is 25.7 Å². The third kappa shape index (κ3) is 7.07. The standard InChI is InChI=1S/C31H34N6O3S/c1-22-8-18-28(19-9-22)41(2,40)21-29(38)37(27-16-14-25(15-17-27)24-6-4-3-5-7-24)20-23-10-12-26(13-11-23)30(39)32-31-33-35-36-34-31/h8-19,24H,2-7,20-21H2,1H3,(H2,32,33,34,35,36,39). The summed E-state index contributed by atoms with van der Waals surface area (Å²) in [7, 11) is -2.85. The van der Waals surface area contributed by atoms with Crippen molar-refractivity contribution < 1.29 is 13.8 Å². The molecule has 0 aliphatic heterocycles. The van der Waals surface area contributed by atoms with Gasteiger partial charge in [0.1, 0.15) is 0 Å². The predicted molar refractivity (Wildman–Crippen MR) is 162 cm³/mol. The van der Waals surface area contributed by atoms with Crippen LogP contribution in [0.25, 0.3) is 0 Å². The number of aromatic nitrogens is 4. The minimum atomic E-state index is -2.85. The van der Waals surface area contributed by atoms with Crippen molar-refractivity contribution in [3.05, 3.63) is 95.1 Å². The smallest absolute Gasteiger partial charge is 0.270 e. The first kappa shape index (κ1) is 28.2. The fourth-order valence-corrected chi connectivity index (χ4v) is 6.52. The van der Waals surface area contributed by atoms with E-state index in [0.717, 1.165) is 16.8 Å². The van der Waals surface area contributed by atoms with E-state index in [2.05, 4.69) is 43.9 Å². The third-order valence-corrected chi connectivity index (χ3v) is 9.36. The number of nitrogens with zero attached hydrogens (tertiary/aromatic N) is 4. The number of nitrogens with one attached hydrogen (secondary N) is 2. The molecule has 1 unspecified atom stereocenters. The summed E-state index contributed by atoms with van der Waals surface area (Å²) in [6.45, 7) is 2.20. The molecule has 1 fully saturated rings. The largest absolute Gasteiger partial charge is 0.307 e. The van der Waals surface area contributed by atoms with Gasteiger partial charge >= 0.3 is 0 Å². The molecule has 10 heteroatoms. The monoisotopic (exact) mass is 570 g/mol. The zero-order valence-electron chi connectivity index (χ0n) is 23.1. The van der Waals surface area contributed by atoms with Crippen LogP contribution in [0.4, 0.5) is 11.6 Å². The SMILES string of the molecule is C=S(=O)(CC(=O)N(Cc1ccc(C(=O)Nc2nn[nH]n2)cc1)c1ccc(C2CCCCC2)cc1)c1ccc(C)cc1. The molecular formula is C31H34N6O3S. The van der Waals surface area contributed by atoms with E-state index in [1.165, 1.54) is 37.7 Å². The Morgan fingerprint density at radius 2 is 1.66 bits per heavy atom.